The number of hydrogen-bond donors (Lipinski definition) is 4. The molecule has 0 saturated carbocycles. The molecule has 5 N–H and O–H groups in total. The quantitative estimate of drug-likeness (QED) is 0.299. The number of nitrogens with one attached hydrogen (secondary N) is 3. The van der Waals surface area contributed by atoms with Crippen LogP contribution in [-0.2, 0) is 14.4 Å². The number of fused-ring (bicyclic) bond motifs is 1. The van der Waals surface area contributed by atoms with Crippen LogP contribution in [0.2, 0.25) is 0 Å². The Balaban J connectivity index is 1.37. The zero-order valence-corrected chi connectivity index (χ0v) is 17.7. The van der Waals surface area contributed by atoms with Crippen molar-refractivity contribution in [3.63, 3.8) is 0 Å². The second kappa shape index (κ2) is 9.82. The fraction of sp³-hybridized carbons (Fsp3) is 0.0833. The Hall–Kier alpha value is -4.73. The fourth-order valence-electron chi connectivity index (χ4n) is 3.33. The maximum atomic E-state index is 14.6. The molecule has 2 aromatic carbocycles. The lowest BCUT2D eigenvalue weighted by atomic mass is 10.1. The predicted octanol–water partition coefficient (Wildman–Crippen LogP) is 3.17. The average molecular weight is 461 g/mol. The highest BCUT2D eigenvalue weighted by atomic mass is 19.1. The average Bonchev–Trinajstić information content (AvgIpc) is 3.29. The standard InChI is InChI=1S/C24H20FN5O4/c25-17-12-15(6-7-19(17)34-18-9-11-28-24-16(18)8-10-27-24)29-20(31)13-21(32)30-22(23(26)33)14-4-2-1-3-5-14/h1-12,22H,13H2,(H2,26,33)(H,27,28)(H,29,31)(H,30,32)/t22-/m1/s1. The number of nitrogens with zero attached hydrogens (tertiary/aromatic N) is 1. The molecule has 3 amide bonds. The lowest BCUT2D eigenvalue weighted by molar-refractivity contribution is -0.130. The summed E-state index contributed by atoms with van der Waals surface area (Å²) in [7, 11) is 0. The van der Waals surface area contributed by atoms with Crippen LogP contribution in [0.4, 0.5) is 10.1 Å². The third-order valence-corrected chi connectivity index (χ3v) is 4.90. The van der Waals surface area contributed by atoms with Crippen LogP contribution in [0.3, 0.4) is 0 Å². The molecule has 2 aromatic heterocycles. The molecule has 10 heteroatoms. The van der Waals surface area contributed by atoms with Gasteiger partial charge in [-0.2, -0.15) is 0 Å². The molecule has 0 aliphatic heterocycles. The largest absolute Gasteiger partial charge is 0.453 e. The van der Waals surface area contributed by atoms with Crippen molar-refractivity contribution in [2.45, 2.75) is 12.5 Å². The van der Waals surface area contributed by atoms with Gasteiger partial charge in [-0.05, 0) is 29.8 Å². The Morgan fingerprint density at radius 1 is 1.03 bits per heavy atom. The Bertz CT molecular complexity index is 1360. The number of anilines is 1. The van der Waals surface area contributed by atoms with Gasteiger partial charge in [-0.1, -0.05) is 30.3 Å². The van der Waals surface area contributed by atoms with Gasteiger partial charge in [0.1, 0.15) is 23.9 Å². The van der Waals surface area contributed by atoms with Crippen molar-refractivity contribution in [2.24, 2.45) is 5.73 Å². The molecule has 0 spiro atoms. The van der Waals surface area contributed by atoms with Crippen LogP contribution in [0.5, 0.6) is 11.5 Å². The van der Waals surface area contributed by atoms with Gasteiger partial charge < -0.3 is 26.1 Å². The van der Waals surface area contributed by atoms with E-state index in [2.05, 4.69) is 20.6 Å². The second-order valence-electron chi connectivity index (χ2n) is 7.33. The van der Waals surface area contributed by atoms with Gasteiger partial charge in [0.05, 0.1) is 5.39 Å². The van der Waals surface area contributed by atoms with Gasteiger partial charge in [0.15, 0.2) is 11.6 Å². The van der Waals surface area contributed by atoms with E-state index in [9.17, 15) is 18.8 Å². The number of hydrogen-bond acceptors (Lipinski definition) is 5. The molecule has 4 aromatic rings. The van der Waals surface area contributed by atoms with E-state index >= 15 is 0 Å². The third kappa shape index (κ3) is 5.18. The van der Waals surface area contributed by atoms with Gasteiger partial charge in [0.2, 0.25) is 17.7 Å². The molecule has 2 heterocycles. The zero-order chi connectivity index (χ0) is 24.1. The highest BCUT2D eigenvalue weighted by Crippen LogP contribution is 2.31. The number of aromatic nitrogens is 2. The number of carbonyl (C=O) groups is 3. The predicted molar refractivity (Wildman–Crippen MR) is 122 cm³/mol. The number of H-pyrrole nitrogens is 1. The smallest absolute Gasteiger partial charge is 0.244 e. The highest BCUT2D eigenvalue weighted by molar-refractivity contribution is 6.04. The van der Waals surface area contributed by atoms with Crippen LogP contribution in [0.25, 0.3) is 11.0 Å². The number of ether oxygens (including phenoxy) is 1. The number of benzene rings is 2. The van der Waals surface area contributed by atoms with E-state index in [4.69, 9.17) is 10.5 Å². The summed E-state index contributed by atoms with van der Waals surface area (Å²) in [5.41, 5.74) is 6.60. The summed E-state index contributed by atoms with van der Waals surface area (Å²) in [6, 6.07) is 14.6. The first-order valence-electron chi connectivity index (χ1n) is 10.2. The van der Waals surface area contributed by atoms with Gasteiger partial charge in [-0.15, -0.1) is 0 Å². The number of carbonyl (C=O) groups excluding carboxylic acids is 3. The molecule has 1 atom stereocenters. The number of aromatic amines is 1. The maximum absolute atomic E-state index is 14.6. The topological polar surface area (TPSA) is 139 Å². The molecule has 9 nitrogen and oxygen atoms in total. The minimum atomic E-state index is -1.07. The number of primary amides is 1. The van der Waals surface area contributed by atoms with E-state index in [0.29, 0.717) is 22.3 Å². The van der Waals surface area contributed by atoms with E-state index in [1.165, 1.54) is 18.3 Å². The normalized spacial score (nSPS) is 11.6. The summed E-state index contributed by atoms with van der Waals surface area (Å²) in [6.45, 7) is 0. The molecule has 0 unspecified atom stereocenters. The molecule has 0 aliphatic rings. The molecule has 0 aliphatic carbocycles. The molecule has 172 valence electrons. The monoisotopic (exact) mass is 461 g/mol. The molecule has 4 rings (SSSR count). The number of nitrogens with two attached hydrogens (primary N) is 1. The molecular weight excluding hydrogens is 441 g/mol. The summed E-state index contributed by atoms with van der Waals surface area (Å²) in [6.07, 6.45) is 2.65. The first-order chi connectivity index (χ1) is 16.4. The van der Waals surface area contributed by atoms with Crippen molar-refractivity contribution >= 4 is 34.4 Å². The molecule has 0 fully saturated rings. The second-order valence-corrected chi connectivity index (χ2v) is 7.33. The summed E-state index contributed by atoms with van der Waals surface area (Å²) in [5.74, 6) is -2.49. The first kappa shape index (κ1) is 22.5. The molecule has 0 bridgehead atoms. The third-order valence-electron chi connectivity index (χ3n) is 4.90. The Labute approximate surface area is 193 Å². The van der Waals surface area contributed by atoms with Gasteiger partial charge in [-0.25, -0.2) is 9.37 Å². The van der Waals surface area contributed by atoms with Crippen LogP contribution in [0, 0.1) is 5.82 Å². The Kier molecular flexibility index (Phi) is 6.49. The van der Waals surface area contributed by atoms with Crippen LogP contribution >= 0.6 is 0 Å². The van der Waals surface area contributed by atoms with Crippen LogP contribution < -0.4 is 21.1 Å². The lowest BCUT2D eigenvalue weighted by Crippen LogP contribution is -2.38. The first-order valence-corrected chi connectivity index (χ1v) is 10.2. The van der Waals surface area contributed by atoms with Crippen molar-refractivity contribution in [3.8, 4) is 11.5 Å². The van der Waals surface area contributed by atoms with Gasteiger partial charge in [-0.3, -0.25) is 14.4 Å². The minimum Gasteiger partial charge on any atom is -0.453 e. The highest BCUT2D eigenvalue weighted by Gasteiger charge is 2.21. The number of amides is 3. The number of rotatable bonds is 8. The van der Waals surface area contributed by atoms with Crippen molar-refractivity contribution < 1.29 is 23.5 Å². The van der Waals surface area contributed by atoms with Gasteiger partial charge in [0, 0.05) is 24.1 Å². The van der Waals surface area contributed by atoms with E-state index < -0.39 is 36.0 Å². The number of halogens is 1. The van der Waals surface area contributed by atoms with E-state index in [1.807, 2.05) is 0 Å². The maximum Gasteiger partial charge on any atom is 0.244 e. The van der Waals surface area contributed by atoms with E-state index in [1.54, 1.807) is 48.7 Å². The van der Waals surface area contributed by atoms with Gasteiger partial charge >= 0.3 is 0 Å². The van der Waals surface area contributed by atoms with Crippen molar-refractivity contribution in [1.29, 1.82) is 0 Å². The lowest BCUT2D eigenvalue weighted by Gasteiger charge is -2.16. The molecular formula is C24H20FN5O4. The molecule has 0 saturated heterocycles. The summed E-state index contributed by atoms with van der Waals surface area (Å²) in [4.78, 5) is 43.3. The Morgan fingerprint density at radius 2 is 1.82 bits per heavy atom. The zero-order valence-electron chi connectivity index (χ0n) is 17.7. The number of pyridine rings is 1. The minimum absolute atomic E-state index is 0.0448. The van der Waals surface area contributed by atoms with Crippen molar-refractivity contribution in [3.05, 3.63) is 84.4 Å². The molecule has 34 heavy (non-hydrogen) atoms. The van der Waals surface area contributed by atoms with E-state index in [-0.39, 0.29) is 11.4 Å². The van der Waals surface area contributed by atoms with Gasteiger partial charge in [0.25, 0.3) is 0 Å². The SMILES string of the molecule is NC(=O)[C@H](NC(=O)CC(=O)Nc1ccc(Oc2ccnc3[nH]ccc23)c(F)c1)c1ccccc1. The van der Waals surface area contributed by atoms with Crippen molar-refractivity contribution in [1.82, 2.24) is 15.3 Å². The summed E-state index contributed by atoms with van der Waals surface area (Å²) in [5, 5.41) is 5.57. The van der Waals surface area contributed by atoms with Crippen LogP contribution in [0.1, 0.15) is 18.0 Å². The van der Waals surface area contributed by atoms with Crippen LogP contribution in [-0.4, -0.2) is 27.7 Å². The Morgan fingerprint density at radius 3 is 2.56 bits per heavy atom. The van der Waals surface area contributed by atoms with Crippen molar-refractivity contribution in [2.75, 3.05) is 5.32 Å². The van der Waals surface area contributed by atoms with E-state index in [0.717, 1.165) is 6.07 Å². The summed E-state index contributed by atoms with van der Waals surface area (Å²) < 4.78 is 20.3. The molecule has 0 radical (unpaired) electrons. The fourth-order valence-corrected chi connectivity index (χ4v) is 3.33. The van der Waals surface area contributed by atoms with Crippen LogP contribution in [0.15, 0.2) is 73.1 Å². The summed E-state index contributed by atoms with van der Waals surface area (Å²) >= 11 is 0.